The molecule has 29 heavy (non-hydrogen) atoms. The van der Waals surface area contributed by atoms with Crippen LogP contribution in [0.15, 0.2) is 18.2 Å². The number of amides is 2. The maximum Gasteiger partial charge on any atom is 0.254 e. The second-order valence-electron chi connectivity index (χ2n) is 7.21. The number of ether oxygens (including phenoxy) is 2. The van der Waals surface area contributed by atoms with E-state index in [1.165, 1.54) is 0 Å². The Morgan fingerprint density at radius 2 is 1.76 bits per heavy atom. The van der Waals surface area contributed by atoms with Crippen molar-refractivity contribution in [2.24, 2.45) is 0 Å². The van der Waals surface area contributed by atoms with Gasteiger partial charge in [0.25, 0.3) is 5.91 Å². The molecule has 0 unspecified atom stereocenters. The third-order valence-electron chi connectivity index (χ3n) is 4.83. The quantitative estimate of drug-likeness (QED) is 0.573. The van der Waals surface area contributed by atoms with E-state index in [1.807, 2.05) is 24.8 Å². The summed E-state index contributed by atoms with van der Waals surface area (Å²) >= 11 is 0. The highest BCUT2D eigenvalue weighted by Gasteiger charge is 2.24. The van der Waals surface area contributed by atoms with Gasteiger partial charge in [-0.2, -0.15) is 0 Å². The summed E-state index contributed by atoms with van der Waals surface area (Å²) in [6.45, 7) is 10.9. The van der Waals surface area contributed by atoms with Gasteiger partial charge in [0, 0.05) is 38.3 Å². The lowest BCUT2D eigenvalue weighted by atomic mass is 10.1. The van der Waals surface area contributed by atoms with Crippen LogP contribution < -0.4 is 14.8 Å². The Balaban J connectivity index is 1.89. The molecule has 0 aromatic heterocycles. The highest BCUT2D eigenvalue weighted by molar-refractivity contribution is 5.95. The zero-order valence-corrected chi connectivity index (χ0v) is 18.0. The first-order valence-corrected chi connectivity index (χ1v) is 10.8. The standard InChI is InChI=1S/C22H35N3O4/c1-4-7-10-23-21(26)17-24-11-13-25(14-12-24)22(27)18-8-9-19(29-15-5-2)20(16-18)28-6-3/h8-9,16H,4-7,10-15,17H2,1-3H3,(H,23,26). The normalized spacial score (nSPS) is 14.5. The van der Waals surface area contributed by atoms with E-state index >= 15 is 0 Å². The molecular formula is C22H35N3O4. The highest BCUT2D eigenvalue weighted by Crippen LogP contribution is 2.29. The number of hydrogen-bond donors (Lipinski definition) is 1. The number of piperazine rings is 1. The van der Waals surface area contributed by atoms with Gasteiger partial charge >= 0.3 is 0 Å². The number of nitrogens with zero attached hydrogens (tertiary/aromatic N) is 2. The molecule has 0 saturated carbocycles. The molecule has 0 aliphatic carbocycles. The van der Waals surface area contributed by atoms with E-state index < -0.39 is 0 Å². The predicted octanol–water partition coefficient (Wildman–Crippen LogP) is 2.55. The van der Waals surface area contributed by atoms with Gasteiger partial charge in [0.2, 0.25) is 5.91 Å². The van der Waals surface area contributed by atoms with Crippen LogP contribution in [-0.4, -0.2) is 74.1 Å². The Morgan fingerprint density at radius 1 is 1.00 bits per heavy atom. The number of hydrogen-bond acceptors (Lipinski definition) is 5. The lowest BCUT2D eigenvalue weighted by Gasteiger charge is -2.34. The first-order valence-electron chi connectivity index (χ1n) is 10.8. The number of carbonyl (C=O) groups excluding carboxylic acids is 2. The maximum atomic E-state index is 12.9. The maximum absolute atomic E-state index is 12.9. The number of benzene rings is 1. The van der Waals surface area contributed by atoms with E-state index in [0.29, 0.717) is 63.0 Å². The minimum Gasteiger partial charge on any atom is -0.490 e. The minimum atomic E-state index is -0.0139. The van der Waals surface area contributed by atoms with Crippen LogP contribution in [0.25, 0.3) is 0 Å². The van der Waals surface area contributed by atoms with Crippen molar-refractivity contribution in [2.45, 2.75) is 40.0 Å². The summed E-state index contributed by atoms with van der Waals surface area (Å²) in [4.78, 5) is 28.8. The SMILES string of the molecule is CCCCNC(=O)CN1CCN(C(=O)c2ccc(OCCC)c(OCC)c2)CC1. The molecule has 2 amide bonds. The van der Waals surface area contributed by atoms with E-state index in [9.17, 15) is 9.59 Å². The number of unbranched alkanes of at least 4 members (excludes halogenated alkanes) is 1. The van der Waals surface area contributed by atoms with Crippen molar-refractivity contribution in [3.8, 4) is 11.5 Å². The lowest BCUT2D eigenvalue weighted by molar-refractivity contribution is -0.122. The van der Waals surface area contributed by atoms with Crippen molar-refractivity contribution in [3.63, 3.8) is 0 Å². The molecule has 0 bridgehead atoms. The summed E-state index contributed by atoms with van der Waals surface area (Å²) in [5.74, 6) is 1.32. The molecule has 1 N–H and O–H groups in total. The Kier molecular flexibility index (Phi) is 9.77. The predicted molar refractivity (Wildman–Crippen MR) is 114 cm³/mol. The molecule has 162 valence electrons. The molecule has 2 rings (SSSR count). The Labute approximate surface area is 174 Å². The van der Waals surface area contributed by atoms with E-state index in [0.717, 1.165) is 25.8 Å². The molecule has 1 saturated heterocycles. The largest absolute Gasteiger partial charge is 0.490 e. The average molecular weight is 406 g/mol. The molecular weight excluding hydrogens is 370 g/mol. The molecule has 7 nitrogen and oxygen atoms in total. The smallest absolute Gasteiger partial charge is 0.254 e. The Bertz CT molecular complexity index is 657. The van der Waals surface area contributed by atoms with Gasteiger partial charge in [-0.15, -0.1) is 0 Å². The fraction of sp³-hybridized carbons (Fsp3) is 0.636. The van der Waals surface area contributed by atoms with Gasteiger partial charge in [-0.3, -0.25) is 14.5 Å². The van der Waals surface area contributed by atoms with E-state index in [1.54, 1.807) is 12.1 Å². The molecule has 7 heteroatoms. The molecule has 1 aromatic carbocycles. The van der Waals surface area contributed by atoms with Crippen LogP contribution in [-0.2, 0) is 4.79 Å². The van der Waals surface area contributed by atoms with E-state index in [2.05, 4.69) is 17.1 Å². The molecule has 1 aromatic rings. The molecule has 1 aliphatic rings. The molecule has 1 fully saturated rings. The van der Waals surface area contributed by atoms with Gasteiger partial charge in [0.1, 0.15) is 0 Å². The van der Waals surface area contributed by atoms with Crippen molar-refractivity contribution < 1.29 is 19.1 Å². The van der Waals surface area contributed by atoms with Crippen molar-refractivity contribution in [2.75, 3.05) is 52.5 Å². The highest BCUT2D eigenvalue weighted by atomic mass is 16.5. The summed E-state index contributed by atoms with van der Waals surface area (Å²) in [6, 6.07) is 5.37. The third kappa shape index (κ3) is 7.24. The summed E-state index contributed by atoms with van der Waals surface area (Å²) in [5, 5.41) is 2.94. The average Bonchev–Trinajstić information content (AvgIpc) is 2.73. The second kappa shape index (κ2) is 12.3. The summed E-state index contributed by atoms with van der Waals surface area (Å²) < 4.78 is 11.4. The number of nitrogens with one attached hydrogen (secondary N) is 1. The van der Waals surface area contributed by atoms with Crippen molar-refractivity contribution >= 4 is 11.8 Å². The number of rotatable bonds is 11. The van der Waals surface area contributed by atoms with Crippen LogP contribution >= 0.6 is 0 Å². The zero-order chi connectivity index (χ0) is 21.1. The van der Waals surface area contributed by atoms with Crippen LogP contribution in [0.3, 0.4) is 0 Å². The van der Waals surface area contributed by atoms with Gasteiger partial charge in [-0.05, 0) is 38.0 Å². The van der Waals surface area contributed by atoms with Crippen LogP contribution in [0, 0.1) is 0 Å². The van der Waals surface area contributed by atoms with Gasteiger partial charge in [-0.25, -0.2) is 0 Å². The van der Waals surface area contributed by atoms with Crippen LogP contribution in [0.5, 0.6) is 11.5 Å². The van der Waals surface area contributed by atoms with Crippen LogP contribution in [0.2, 0.25) is 0 Å². The number of carbonyl (C=O) groups is 2. The van der Waals surface area contributed by atoms with Crippen LogP contribution in [0.4, 0.5) is 0 Å². The van der Waals surface area contributed by atoms with E-state index in [4.69, 9.17) is 9.47 Å². The first-order chi connectivity index (χ1) is 14.1. The topological polar surface area (TPSA) is 71.1 Å². The molecule has 0 spiro atoms. The molecule has 1 aliphatic heterocycles. The molecule has 0 atom stereocenters. The van der Waals surface area contributed by atoms with Crippen molar-refractivity contribution in [1.29, 1.82) is 0 Å². The van der Waals surface area contributed by atoms with Crippen LogP contribution in [0.1, 0.15) is 50.4 Å². The Morgan fingerprint density at radius 3 is 2.41 bits per heavy atom. The van der Waals surface area contributed by atoms with Gasteiger partial charge in [0.15, 0.2) is 11.5 Å². The zero-order valence-electron chi connectivity index (χ0n) is 18.0. The van der Waals surface area contributed by atoms with Gasteiger partial charge in [0.05, 0.1) is 19.8 Å². The Hall–Kier alpha value is -2.28. The molecule has 0 radical (unpaired) electrons. The summed E-state index contributed by atoms with van der Waals surface area (Å²) in [7, 11) is 0. The third-order valence-corrected chi connectivity index (χ3v) is 4.83. The summed E-state index contributed by atoms with van der Waals surface area (Å²) in [5.41, 5.74) is 0.600. The molecule has 1 heterocycles. The minimum absolute atomic E-state index is 0.0139. The van der Waals surface area contributed by atoms with E-state index in [-0.39, 0.29) is 11.8 Å². The van der Waals surface area contributed by atoms with Crippen molar-refractivity contribution in [3.05, 3.63) is 23.8 Å². The fourth-order valence-corrected chi connectivity index (χ4v) is 3.20. The monoisotopic (exact) mass is 405 g/mol. The van der Waals surface area contributed by atoms with Gasteiger partial charge in [-0.1, -0.05) is 20.3 Å². The lowest BCUT2D eigenvalue weighted by Crippen LogP contribution is -2.51. The second-order valence-corrected chi connectivity index (χ2v) is 7.21. The van der Waals surface area contributed by atoms with Gasteiger partial charge < -0.3 is 19.7 Å². The van der Waals surface area contributed by atoms with Crippen molar-refractivity contribution in [1.82, 2.24) is 15.1 Å². The summed E-state index contributed by atoms with van der Waals surface area (Å²) in [6.07, 6.45) is 2.98. The first kappa shape index (κ1) is 23.0. The fourth-order valence-electron chi connectivity index (χ4n) is 3.20.